The van der Waals surface area contributed by atoms with Crippen molar-refractivity contribution in [2.75, 3.05) is 6.61 Å². The summed E-state index contributed by atoms with van der Waals surface area (Å²) in [5.74, 6) is -0.00739. The molecular formula is C9H11F3N2O3. The van der Waals surface area contributed by atoms with E-state index in [0.29, 0.717) is 6.42 Å². The predicted molar refractivity (Wildman–Crippen MR) is 49.0 cm³/mol. The van der Waals surface area contributed by atoms with Crippen LogP contribution in [0.15, 0.2) is 4.52 Å². The molecule has 0 fully saturated rings. The number of hydrogen-bond acceptors (Lipinski definition) is 5. The highest BCUT2D eigenvalue weighted by molar-refractivity contribution is 5.79. The molecule has 0 amide bonds. The highest BCUT2D eigenvalue weighted by Gasteiger charge is 2.27. The van der Waals surface area contributed by atoms with Gasteiger partial charge in [0.25, 0.3) is 0 Å². The smallest absolute Gasteiger partial charge is 0.364 e. The van der Waals surface area contributed by atoms with Crippen LogP contribution < -0.4 is 0 Å². The number of carbonyl (C=O) groups excluding carboxylic acids is 1. The van der Waals surface area contributed by atoms with Crippen molar-refractivity contribution in [2.45, 2.75) is 32.5 Å². The maximum Gasteiger partial charge on any atom is 0.411 e. The summed E-state index contributed by atoms with van der Waals surface area (Å²) in [7, 11) is 0. The van der Waals surface area contributed by atoms with Crippen molar-refractivity contribution in [1.29, 1.82) is 0 Å². The first-order valence-corrected chi connectivity index (χ1v) is 4.88. The number of Topliss-reactive ketones (excluding diaryl/α,β-unsaturated/α-hetero) is 1. The normalized spacial score (nSPS) is 11.8. The number of ketones is 1. The summed E-state index contributed by atoms with van der Waals surface area (Å²) < 4.78 is 44.3. The van der Waals surface area contributed by atoms with Gasteiger partial charge in [-0.3, -0.25) is 4.79 Å². The van der Waals surface area contributed by atoms with E-state index in [2.05, 4.69) is 19.4 Å². The van der Waals surface area contributed by atoms with Crippen LogP contribution in [-0.4, -0.2) is 28.7 Å². The molecular weight excluding hydrogens is 241 g/mol. The molecule has 1 heterocycles. The number of halogens is 3. The topological polar surface area (TPSA) is 65.2 Å². The van der Waals surface area contributed by atoms with Crippen molar-refractivity contribution in [3.63, 3.8) is 0 Å². The second kappa shape index (κ2) is 5.76. The fraction of sp³-hybridized carbons (Fsp3) is 0.667. The van der Waals surface area contributed by atoms with Gasteiger partial charge in [-0.25, -0.2) is 0 Å². The molecule has 0 saturated heterocycles. The van der Waals surface area contributed by atoms with Gasteiger partial charge in [-0.2, -0.15) is 18.2 Å². The van der Waals surface area contributed by atoms with Gasteiger partial charge < -0.3 is 9.26 Å². The molecule has 0 N–H and O–H groups in total. The molecule has 0 bridgehead atoms. The van der Waals surface area contributed by atoms with Crippen LogP contribution >= 0.6 is 0 Å². The van der Waals surface area contributed by atoms with Crippen LogP contribution in [0.5, 0.6) is 0 Å². The average molecular weight is 252 g/mol. The summed E-state index contributed by atoms with van der Waals surface area (Å²) >= 11 is 0. The molecule has 0 aromatic carbocycles. The lowest BCUT2D eigenvalue weighted by atomic mass is 10.2. The highest BCUT2D eigenvalue weighted by atomic mass is 19.4. The zero-order valence-electron chi connectivity index (χ0n) is 9.08. The van der Waals surface area contributed by atoms with E-state index in [0.717, 1.165) is 0 Å². The Balaban J connectivity index is 2.38. The zero-order chi connectivity index (χ0) is 12.9. The molecule has 8 heteroatoms. The first-order valence-electron chi connectivity index (χ1n) is 4.88. The zero-order valence-corrected chi connectivity index (χ0v) is 9.08. The Morgan fingerprint density at radius 3 is 2.76 bits per heavy atom. The third-order valence-corrected chi connectivity index (χ3v) is 1.75. The van der Waals surface area contributed by atoms with Crippen LogP contribution in [0, 0.1) is 0 Å². The highest BCUT2D eigenvalue weighted by Crippen LogP contribution is 2.15. The Morgan fingerprint density at radius 2 is 2.18 bits per heavy atom. The van der Waals surface area contributed by atoms with Gasteiger partial charge in [0.15, 0.2) is 5.82 Å². The minimum atomic E-state index is -4.38. The van der Waals surface area contributed by atoms with Crippen molar-refractivity contribution in [3.05, 3.63) is 11.7 Å². The molecule has 0 saturated carbocycles. The van der Waals surface area contributed by atoms with Crippen LogP contribution in [0.3, 0.4) is 0 Å². The number of carbonyl (C=O) groups is 1. The average Bonchev–Trinajstić information content (AvgIpc) is 2.63. The van der Waals surface area contributed by atoms with Crippen molar-refractivity contribution < 1.29 is 27.2 Å². The second-order valence-electron chi connectivity index (χ2n) is 3.28. The molecule has 1 aromatic rings. The van der Waals surface area contributed by atoms with Crippen molar-refractivity contribution >= 4 is 5.78 Å². The van der Waals surface area contributed by atoms with Crippen LogP contribution in [0.2, 0.25) is 0 Å². The van der Waals surface area contributed by atoms with Crippen LogP contribution in [0.1, 0.15) is 25.1 Å². The third kappa shape index (κ3) is 5.43. The minimum Gasteiger partial charge on any atom is -0.364 e. The third-order valence-electron chi connectivity index (χ3n) is 1.75. The fourth-order valence-corrected chi connectivity index (χ4v) is 0.972. The Hall–Kier alpha value is -1.44. The molecule has 17 heavy (non-hydrogen) atoms. The molecule has 0 aliphatic carbocycles. The van der Waals surface area contributed by atoms with E-state index >= 15 is 0 Å². The van der Waals surface area contributed by atoms with Crippen molar-refractivity contribution in [2.24, 2.45) is 0 Å². The molecule has 0 unspecified atom stereocenters. The summed E-state index contributed by atoms with van der Waals surface area (Å²) in [5, 5.41) is 3.39. The van der Waals surface area contributed by atoms with Crippen LogP contribution in [0.25, 0.3) is 0 Å². The fourth-order valence-electron chi connectivity index (χ4n) is 0.972. The van der Waals surface area contributed by atoms with E-state index < -0.39 is 19.4 Å². The van der Waals surface area contributed by atoms with Crippen molar-refractivity contribution in [1.82, 2.24) is 10.1 Å². The molecule has 0 spiro atoms. The van der Waals surface area contributed by atoms with Crippen LogP contribution in [-0.2, 0) is 22.6 Å². The molecule has 5 nitrogen and oxygen atoms in total. The van der Waals surface area contributed by atoms with Gasteiger partial charge in [0.2, 0.25) is 5.89 Å². The van der Waals surface area contributed by atoms with Gasteiger partial charge in [-0.15, -0.1) is 0 Å². The standard InChI is InChI=1S/C9H11F3N2O3/c1-2-6(15)3-8-13-7(14-17-8)4-16-5-9(10,11)12/h2-5H2,1H3. The van der Waals surface area contributed by atoms with E-state index in [1.54, 1.807) is 6.92 Å². The Morgan fingerprint density at radius 1 is 1.47 bits per heavy atom. The van der Waals surface area contributed by atoms with E-state index in [-0.39, 0.29) is 23.9 Å². The van der Waals surface area contributed by atoms with Gasteiger partial charge in [-0.05, 0) is 0 Å². The first kappa shape index (κ1) is 13.6. The van der Waals surface area contributed by atoms with Crippen molar-refractivity contribution in [3.8, 4) is 0 Å². The van der Waals surface area contributed by atoms with E-state index in [1.165, 1.54) is 0 Å². The van der Waals surface area contributed by atoms with Gasteiger partial charge in [-0.1, -0.05) is 12.1 Å². The van der Waals surface area contributed by atoms with E-state index in [4.69, 9.17) is 0 Å². The van der Waals surface area contributed by atoms with E-state index in [9.17, 15) is 18.0 Å². The summed E-state index contributed by atoms with van der Waals surface area (Å²) in [4.78, 5) is 14.8. The lowest BCUT2D eigenvalue weighted by molar-refractivity contribution is -0.177. The summed E-state index contributed by atoms with van der Waals surface area (Å²) in [6.07, 6.45) is -4.06. The molecule has 0 aliphatic rings. The lowest BCUT2D eigenvalue weighted by Crippen LogP contribution is -2.17. The summed E-state index contributed by atoms with van der Waals surface area (Å²) in [6, 6.07) is 0. The number of aromatic nitrogens is 2. The molecule has 1 rings (SSSR count). The van der Waals surface area contributed by atoms with Gasteiger partial charge >= 0.3 is 6.18 Å². The monoisotopic (exact) mass is 252 g/mol. The first-order chi connectivity index (χ1) is 7.90. The minimum absolute atomic E-state index is 0.00634. The van der Waals surface area contributed by atoms with Crippen LogP contribution in [0.4, 0.5) is 13.2 Å². The number of rotatable bonds is 6. The molecule has 0 atom stereocenters. The number of ether oxygens (including phenoxy) is 1. The number of hydrogen-bond donors (Lipinski definition) is 0. The predicted octanol–water partition coefficient (Wildman–Crippen LogP) is 1.67. The second-order valence-corrected chi connectivity index (χ2v) is 3.28. The summed E-state index contributed by atoms with van der Waals surface area (Å²) in [6.45, 7) is -0.0832. The van der Waals surface area contributed by atoms with Gasteiger partial charge in [0.05, 0.1) is 6.42 Å². The molecule has 0 radical (unpaired) electrons. The Kier molecular flexibility index (Phi) is 4.62. The molecule has 96 valence electrons. The molecule has 0 aliphatic heterocycles. The van der Waals surface area contributed by atoms with E-state index in [1.807, 2.05) is 0 Å². The largest absolute Gasteiger partial charge is 0.411 e. The SMILES string of the molecule is CCC(=O)Cc1nc(COCC(F)(F)F)no1. The Bertz CT molecular complexity index is 376. The Labute approximate surface area is 94.9 Å². The number of alkyl halides is 3. The van der Waals surface area contributed by atoms with Gasteiger partial charge in [0, 0.05) is 6.42 Å². The molecule has 1 aromatic heterocycles. The number of nitrogens with zero attached hydrogens (tertiary/aromatic N) is 2. The maximum absolute atomic E-state index is 11.7. The summed E-state index contributed by atoms with van der Waals surface area (Å²) in [5.41, 5.74) is 0. The maximum atomic E-state index is 11.7. The lowest BCUT2D eigenvalue weighted by Gasteiger charge is -2.04. The quantitative estimate of drug-likeness (QED) is 0.770. The van der Waals surface area contributed by atoms with Gasteiger partial charge in [0.1, 0.15) is 19.0 Å².